The van der Waals surface area contributed by atoms with Crippen LogP contribution in [0.5, 0.6) is 0 Å². The summed E-state index contributed by atoms with van der Waals surface area (Å²) in [7, 11) is 0.647. The summed E-state index contributed by atoms with van der Waals surface area (Å²) in [6, 6.07) is 8.48. The molecule has 2 aliphatic rings. The highest BCUT2D eigenvalue weighted by molar-refractivity contribution is 5.97. The van der Waals surface area contributed by atoms with Crippen LogP contribution in [0.25, 0.3) is 11.1 Å². The summed E-state index contributed by atoms with van der Waals surface area (Å²) in [5.74, 6) is 4.41. The Morgan fingerprint density at radius 3 is 1.33 bits per heavy atom. The predicted molar refractivity (Wildman–Crippen MR) is 40.6 cm³/mol. The van der Waals surface area contributed by atoms with Crippen LogP contribution in [0.2, 0.25) is 0 Å². The lowest BCUT2D eigenvalue weighted by atomic mass is 9.95. The first-order chi connectivity index (χ1) is 4.38. The molecule has 0 spiro atoms. The SMILES string of the molecule is NO[SiH3].c1cc2ccc1-2. The quantitative estimate of drug-likeness (QED) is 0.406. The molecule has 2 N–H and O–H groups in total. The Balaban J connectivity index is 0.000000120. The van der Waals surface area contributed by atoms with E-state index in [1.54, 1.807) is 0 Å². The monoisotopic (exact) mass is 139 g/mol. The van der Waals surface area contributed by atoms with Gasteiger partial charge < -0.3 is 4.53 Å². The summed E-state index contributed by atoms with van der Waals surface area (Å²) in [5.41, 5.74) is 2.85. The van der Waals surface area contributed by atoms with Crippen LogP contribution in [-0.4, -0.2) is 10.5 Å². The van der Waals surface area contributed by atoms with E-state index in [0.29, 0.717) is 10.5 Å². The first kappa shape index (κ1) is 6.48. The molecule has 0 unspecified atom stereocenters. The van der Waals surface area contributed by atoms with Crippen LogP contribution in [0.1, 0.15) is 0 Å². The molecule has 0 aromatic carbocycles. The Kier molecular flexibility index (Phi) is 1.99. The minimum Gasteiger partial charge on any atom is -0.360 e. The summed E-state index contributed by atoms with van der Waals surface area (Å²) >= 11 is 0. The molecule has 3 heteroatoms. The summed E-state index contributed by atoms with van der Waals surface area (Å²) in [6.45, 7) is 0. The second kappa shape index (κ2) is 2.77. The smallest absolute Gasteiger partial charge is 0.174 e. The van der Waals surface area contributed by atoms with Crippen molar-refractivity contribution in [2.24, 2.45) is 5.90 Å². The van der Waals surface area contributed by atoms with Crippen molar-refractivity contribution in [3.8, 4) is 11.1 Å². The van der Waals surface area contributed by atoms with E-state index in [1.807, 2.05) is 0 Å². The molecule has 0 bridgehead atoms. The number of hydrogen-bond acceptors (Lipinski definition) is 2. The van der Waals surface area contributed by atoms with Crippen LogP contribution in [0.3, 0.4) is 0 Å². The zero-order chi connectivity index (χ0) is 6.69. The largest absolute Gasteiger partial charge is 0.360 e. The molecule has 0 radical (unpaired) electrons. The van der Waals surface area contributed by atoms with Crippen LogP contribution in [0.4, 0.5) is 0 Å². The third kappa shape index (κ3) is 1.18. The number of nitrogens with two attached hydrogens (primary N) is 1. The second-order valence-corrected chi connectivity index (χ2v) is 2.28. The van der Waals surface area contributed by atoms with Gasteiger partial charge in [-0.15, -0.1) is 0 Å². The van der Waals surface area contributed by atoms with E-state index in [4.69, 9.17) is 0 Å². The minimum absolute atomic E-state index is 0.647. The summed E-state index contributed by atoms with van der Waals surface area (Å²) < 4.78 is 3.89. The van der Waals surface area contributed by atoms with Gasteiger partial charge in [0.25, 0.3) is 0 Å². The fourth-order valence-corrected chi connectivity index (χ4v) is 0.663. The minimum atomic E-state index is 0.647. The van der Waals surface area contributed by atoms with Crippen LogP contribution in [-0.2, 0) is 4.53 Å². The van der Waals surface area contributed by atoms with Gasteiger partial charge >= 0.3 is 0 Å². The Morgan fingerprint density at radius 2 is 1.33 bits per heavy atom. The average Bonchev–Trinajstić information content (AvgIpc) is 1.81. The molecule has 0 saturated carbocycles. The molecule has 2 aliphatic carbocycles. The number of rotatable bonds is 0. The number of hydrogen-bond donors (Lipinski definition) is 1. The highest BCUT2D eigenvalue weighted by Crippen LogP contribution is 2.29. The zero-order valence-corrected chi connectivity index (χ0v) is 7.29. The normalized spacial score (nSPS) is 9.89. The van der Waals surface area contributed by atoms with Crippen molar-refractivity contribution in [2.45, 2.75) is 0 Å². The molecule has 48 valence electrons. The van der Waals surface area contributed by atoms with Gasteiger partial charge in [-0.05, 0) is 11.1 Å². The number of benzene rings is 1. The topological polar surface area (TPSA) is 35.2 Å². The maximum Gasteiger partial charge on any atom is 0.174 e. The van der Waals surface area contributed by atoms with Crippen molar-refractivity contribution in [1.29, 1.82) is 0 Å². The molecule has 0 aliphatic heterocycles. The van der Waals surface area contributed by atoms with E-state index in [-0.39, 0.29) is 0 Å². The molecule has 9 heavy (non-hydrogen) atoms. The Bertz CT molecular complexity index is 164. The van der Waals surface area contributed by atoms with Gasteiger partial charge in [0.05, 0.1) is 0 Å². The molecule has 0 fully saturated rings. The molecule has 0 amide bonds. The highest BCUT2D eigenvalue weighted by atomic mass is 28.2. The molecule has 0 saturated heterocycles. The Labute approximate surface area is 57.1 Å². The van der Waals surface area contributed by atoms with Gasteiger partial charge in [-0.25, -0.2) is 5.90 Å². The Morgan fingerprint density at radius 1 is 1.11 bits per heavy atom. The highest BCUT2D eigenvalue weighted by Gasteiger charge is 2.03. The second-order valence-electron chi connectivity index (χ2n) is 1.81. The lowest BCUT2D eigenvalue weighted by molar-refractivity contribution is 0.371. The fraction of sp³-hybridized carbons (Fsp3) is 0. The summed E-state index contributed by atoms with van der Waals surface area (Å²) in [5, 5.41) is 0. The molecule has 2 nitrogen and oxygen atoms in total. The van der Waals surface area contributed by atoms with Crippen molar-refractivity contribution in [1.82, 2.24) is 0 Å². The van der Waals surface area contributed by atoms with Crippen molar-refractivity contribution in [2.75, 3.05) is 0 Å². The fourth-order valence-electron chi connectivity index (χ4n) is 0.663. The summed E-state index contributed by atoms with van der Waals surface area (Å²) in [6.07, 6.45) is 0. The first-order valence-electron chi connectivity index (χ1n) is 2.72. The molecular weight excluding hydrogens is 130 g/mol. The zero-order valence-electron chi connectivity index (χ0n) is 5.29. The van der Waals surface area contributed by atoms with Gasteiger partial charge in [0.2, 0.25) is 0 Å². The van der Waals surface area contributed by atoms with Crippen molar-refractivity contribution < 1.29 is 4.53 Å². The van der Waals surface area contributed by atoms with E-state index in [0.717, 1.165) is 0 Å². The maximum atomic E-state index is 4.41. The lowest BCUT2D eigenvalue weighted by Crippen LogP contribution is -1.89. The lowest BCUT2D eigenvalue weighted by Gasteiger charge is -2.10. The average molecular weight is 139 g/mol. The van der Waals surface area contributed by atoms with E-state index >= 15 is 0 Å². The van der Waals surface area contributed by atoms with E-state index in [2.05, 4.69) is 34.7 Å². The molecule has 0 aromatic rings. The van der Waals surface area contributed by atoms with Crippen LogP contribution in [0, 0.1) is 0 Å². The molecule has 0 atom stereocenters. The first-order valence-corrected chi connectivity index (χ1v) is 3.53. The van der Waals surface area contributed by atoms with Crippen molar-refractivity contribution in [3.05, 3.63) is 24.3 Å². The van der Waals surface area contributed by atoms with Crippen LogP contribution in [0.15, 0.2) is 24.3 Å². The number of fused-ring (bicyclic) bond motifs is 1. The van der Waals surface area contributed by atoms with E-state index < -0.39 is 0 Å². The maximum absolute atomic E-state index is 4.41. The molecule has 0 aromatic heterocycles. The summed E-state index contributed by atoms with van der Waals surface area (Å²) in [4.78, 5) is 0. The molecule has 0 heterocycles. The third-order valence-corrected chi connectivity index (χ3v) is 1.22. The predicted octanol–water partition coefficient (Wildman–Crippen LogP) is -0.176. The standard InChI is InChI=1S/C6H4.H5NOSi/c1-2-6-4-3-5(1)6;1-2-3/h1-4H;1H2,3H3. The van der Waals surface area contributed by atoms with Gasteiger partial charge in [-0.1, -0.05) is 24.3 Å². The van der Waals surface area contributed by atoms with Crippen LogP contribution < -0.4 is 5.90 Å². The van der Waals surface area contributed by atoms with Gasteiger partial charge in [-0.3, -0.25) is 0 Å². The van der Waals surface area contributed by atoms with Gasteiger partial charge in [0.1, 0.15) is 0 Å². The molecular formula is C6H9NOSi. The van der Waals surface area contributed by atoms with Gasteiger partial charge in [0, 0.05) is 0 Å². The Hall–Kier alpha value is -0.643. The van der Waals surface area contributed by atoms with Crippen LogP contribution >= 0.6 is 0 Å². The van der Waals surface area contributed by atoms with Crippen molar-refractivity contribution in [3.63, 3.8) is 0 Å². The van der Waals surface area contributed by atoms with Crippen molar-refractivity contribution >= 4 is 10.5 Å². The molecule has 2 rings (SSSR count). The van der Waals surface area contributed by atoms with E-state index in [1.165, 1.54) is 11.1 Å². The van der Waals surface area contributed by atoms with E-state index in [9.17, 15) is 0 Å². The third-order valence-electron chi connectivity index (χ3n) is 1.22. The van der Waals surface area contributed by atoms with Gasteiger partial charge in [-0.2, -0.15) is 0 Å². The van der Waals surface area contributed by atoms with Gasteiger partial charge in [0.15, 0.2) is 10.5 Å².